The molecule has 3 rings (SSSR count). The van der Waals surface area contributed by atoms with E-state index in [0.717, 1.165) is 5.01 Å². The van der Waals surface area contributed by atoms with Crippen molar-refractivity contribution in [1.29, 1.82) is 0 Å². The lowest BCUT2D eigenvalue weighted by Gasteiger charge is -2.13. The minimum Gasteiger partial charge on any atom is -0.465 e. The molecule has 1 unspecified atom stereocenters. The van der Waals surface area contributed by atoms with Crippen LogP contribution in [0.15, 0.2) is 34.7 Å². The Labute approximate surface area is 147 Å². The van der Waals surface area contributed by atoms with Crippen LogP contribution in [0, 0.1) is 16.0 Å². The molecular formula is C16H16N4O4S. The molecule has 0 bridgehead atoms. The van der Waals surface area contributed by atoms with Crippen LogP contribution < -0.4 is 0 Å². The zero-order valence-corrected chi connectivity index (χ0v) is 14.3. The van der Waals surface area contributed by atoms with Crippen molar-refractivity contribution in [2.24, 2.45) is 11.0 Å². The van der Waals surface area contributed by atoms with Crippen LogP contribution in [0.5, 0.6) is 0 Å². The van der Waals surface area contributed by atoms with E-state index in [1.165, 1.54) is 23.5 Å². The molecule has 1 aliphatic rings. The van der Waals surface area contributed by atoms with Gasteiger partial charge in [-0.15, -0.1) is 11.3 Å². The maximum absolute atomic E-state index is 11.7. The summed E-state index contributed by atoms with van der Waals surface area (Å²) < 4.78 is 4.99. The number of carbonyl (C=O) groups is 1. The van der Waals surface area contributed by atoms with E-state index in [4.69, 9.17) is 4.74 Å². The first-order valence-electron chi connectivity index (χ1n) is 7.71. The van der Waals surface area contributed by atoms with E-state index < -0.39 is 4.92 Å². The molecule has 0 spiro atoms. The number of hydrogen-bond donors (Lipinski definition) is 0. The van der Waals surface area contributed by atoms with Crippen LogP contribution in [0.25, 0.3) is 11.3 Å². The summed E-state index contributed by atoms with van der Waals surface area (Å²) in [5, 5.41) is 19.5. The van der Waals surface area contributed by atoms with Gasteiger partial charge in [0, 0.05) is 29.3 Å². The highest BCUT2D eigenvalue weighted by atomic mass is 32.1. The van der Waals surface area contributed by atoms with E-state index in [9.17, 15) is 14.9 Å². The van der Waals surface area contributed by atoms with E-state index in [-0.39, 0.29) is 17.6 Å². The van der Waals surface area contributed by atoms with Crippen LogP contribution in [-0.2, 0) is 16.1 Å². The second-order valence-electron chi connectivity index (χ2n) is 5.40. The zero-order chi connectivity index (χ0) is 17.8. The summed E-state index contributed by atoms with van der Waals surface area (Å²) in [7, 11) is 0. The first-order valence-corrected chi connectivity index (χ1v) is 8.59. The number of aromatic nitrogens is 1. The largest absolute Gasteiger partial charge is 0.465 e. The molecule has 25 heavy (non-hydrogen) atoms. The van der Waals surface area contributed by atoms with Crippen LogP contribution in [0.3, 0.4) is 0 Å². The fourth-order valence-corrected chi connectivity index (χ4v) is 3.25. The van der Waals surface area contributed by atoms with Gasteiger partial charge in [0.25, 0.3) is 5.69 Å². The van der Waals surface area contributed by atoms with Gasteiger partial charge in [-0.25, -0.2) is 4.98 Å². The van der Waals surface area contributed by atoms with Gasteiger partial charge in [0.1, 0.15) is 10.9 Å². The number of non-ortho nitro benzene ring substituents is 1. The monoisotopic (exact) mass is 360 g/mol. The van der Waals surface area contributed by atoms with E-state index in [0.29, 0.717) is 31.0 Å². The van der Waals surface area contributed by atoms with Gasteiger partial charge in [-0.2, -0.15) is 5.10 Å². The molecule has 0 amide bonds. The van der Waals surface area contributed by atoms with Crippen molar-refractivity contribution in [3.63, 3.8) is 0 Å². The maximum Gasteiger partial charge on any atom is 0.316 e. The minimum absolute atomic E-state index is 0.0356. The maximum atomic E-state index is 11.7. The molecule has 0 radical (unpaired) electrons. The number of benzene rings is 1. The summed E-state index contributed by atoms with van der Waals surface area (Å²) in [6.07, 6.45) is 1.59. The second-order valence-corrected chi connectivity index (χ2v) is 6.35. The van der Waals surface area contributed by atoms with Crippen molar-refractivity contribution in [2.75, 3.05) is 13.2 Å². The number of esters is 1. The molecule has 0 N–H and O–H groups in total. The Morgan fingerprint density at radius 2 is 2.36 bits per heavy atom. The average molecular weight is 360 g/mol. The van der Waals surface area contributed by atoms with Gasteiger partial charge in [-0.1, -0.05) is 12.1 Å². The number of hydrazone groups is 1. The first-order chi connectivity index (χ1) is 12.1. The van der Waals surface area contributed by atoms with Crippen molar-refractivity contribution in [2.45, 2.75) is 13.5 Å². The number of nitro benzene ring substituents is 1. The number of nitro groups is 1. The van der Waals surface area contributed by atoms with E-state index >= 15 is 0 Å². The Morgan fingerprint density at radius 1 is 1.52 bits per heavy atom. The number of nitrogens with zero attached hydrogens (tertiary/aromatic N) is 4. The lowest BCUT2D eigenvalue weighted by molar-refractivity contribution is -0.384. The molecule has 0 saturated carbocycles. The third kappa shape index (κ3) is 4.00. The molecular weight excluding hydrogens is 344 g/mol. The number of ether oxygens (including phenoxy) is 1. The molecule has 1 aliphatic heterocycles. The van der Waals surface area contributed by atoms with Gasteiger partial charge in [0.05, 0.1) is 30.3 Å². The van der Waals surface area contributed by atoms with Crippen LogP contribution in [-0.4, -0.2) is 40.3 Å². The summed E-state index contributed by atoms with van der Waals surface area (Å²) in [4.78, 5) is 26.7. The SMILES string of the molecule is CCOC(=O)C1C=NN(Cc2nc(-c3cccc([N+](=O)[O-])c3)cs2)C1. The molecule has 1 aromatic heterocycles. The molecule has 1 atom stereocenters. The van der Waals surface area contributed by atoms with Crippen LogP contribution >= 0.6 is 11.3 Å². The lowest BCUT2D eigenvalue weighted by atomic mass is 10.1. The second kappa shape index (κ2) is 7.39. The van der Waals surface area contributed by atoms with Crippen molar-refractivity contribution in [3.05, 3.63) is 44.8 Å². The Bertz CT molecular complexity index is 820. The lowest BCUT2D eigenvalue weighted by Crippen LogP contribution is -2.25. The highest BCUT2D eigenvalue weighted by molar-refractivity contribution is 7.09. The highest BCUT2D eigenvalue weighted by Gasteiger charge is 2.26. The Balaban J connectivity index is 1.65. The van der Waals surface area contributed by atoms with Crippen LogP contribution in [0.4, 0.5) is 5.69 Å². The molecule has 0 fully saturated rings. The normalized spacial score (nSPS) is 16.2. The predicted octanol–water partition coefficient (Wildman–Crippen LogP) is 2.70. The van der Waals surface area contributed by atoms with Gasteiger partial charge in [0.15, 0.2) is 0 Å². The fourth-order valence-electron chi connectivity index (χ4n) is 2.44. The summed E-state index contributed by atoms with van der Waals surface area (Å²) >= 11 is 1.45. The predicted molar refractivity (Wildman–Crippen MR) is 93.2 cm³/mol. The van der Waals surface area contributed by atoms with Gasteiger partial charge >= 0.3 is 5.97 Å². The first kappa shape index (κ1) is 17.0. The third-order valence-corrected chi connectivity index (χ3v) is 4.46. The molecule has 2 aromatic rings. The van der Waals surface area contributed by atoms with Crippen molar-refractivity contribution >= 4 is 29.2 Å². The van der Waals surface area contributed by atoms with Gasteiger partial charge in [0.2, 0.25) is 0 Å². The fraction of sp³-hybridized carbons (Fsp3) is 0.312. The van der Waals surface area contributed by atoms with Gasteiger partial charge < -0.3 is 4.74 Å². The molecule has 8 nitrogen and oxygen atoms in total. The van der Waals surface area contributed by atoms with Crippen molar-refractivity contribution in [1.82, 2.24) is 9.99 Å². The Hall–Kier alpha value is -2.81. The standard InChI is InChI=1S/C16H16N4O4S/c1-2-24-16(21)12-7-17-19(8-12)9-15-18-14(10-25-15)11-4-3-5-13(6-11)20(22)23/h3-7,10,12H,2,8-9H2,1H3. The summed E-state index contributed by atoms with van der Waals surface area (Å²) in [5.74, 6) is -0.624. The van der Waals surface area contributed by atoms with Gasteiger partial charge in [-0.05, 0) is 6.92 Å². The molecule has 1 aromatic carbocycles. The Morgan fingerprint density at radius 3 is 3.12 bits per heavy atom. The smallest absolute Gasteiger partial charge is 0.316 e. The topological polar surface area (TPSA) is 97.9 Å². The number of carbonyl (C=O) groups excluding carboxylic acids is 1. The van der Waals surface area contributed by atoms with Crippen LogP contribution in [0.1, 0.15) is 11.9 Å². The molecule has 0 saturated heterocycles. The zero-order valence-electron chi connectivity index (χ0n) is 13.5. The van der Waals surface area contributed by atoms with E-state index in [1.807, 2.05) is 5.38 Å². The number of hydrogen-bond acceptors (Lipinski definition) is 8. The summed E-state index contributed by atoms with van der Waals surface area (Å²) in [6.45, 7) is 3.06. The van der Waals surface area contributed by atoms with Crippen molar-refractivity contribution < 1.29 is 14.5 Å². The van der Waals surface area contributed by atoms with E-state index in [1.54, 1.807) is 30.3 Å². The quantitative estimate of drug-likeness (QED) is 0.446. The molecule has 0 aliphatic carbocycles. The summed E-state index contributed by atoms with van der Waals surface area (Å²) in [5.41, 5.74) is 1.42. The Kier molecular flexibility index (Phi) is 5.03. The average Bonchev–Trinajstić information content (AvgIpc) is 3.25. The van der Waals surface area contributed by atoms with Gasteiger partial charge in [-0.3, -0.25) is 19.9 Å². The number of thiazole rings is 1. The molecule has 9 heteroatoms. The number of rotatable bonds is 6. The summed E-state index contributed by atoms with van der Waals surface area (Å²) in [6, 6.07) is 6.38. The van der Waals surface area contributed by atoms with Crippen molar-refractivity contribution in [3.8, 4) is 11.3 Å². The van der Waals surface area contributed by atoms with Crippen LogP contribution in [0.2, 0.25) is 0 Å². The third-order valence-electron chi connectivity index (χ3n) is 3.63. The molecule has 2 heterocycles. The minimum atomic E-state index is -0.425. The van der Waals surface area contributed by atoms with E-state index in [2.05, 4.69) is 10.1 Å². The molecule has 130 valence electrons. The highest BCUT2D eigenvalue weighted by Crippen LogP contribution is 2.26.